The van der Waals surface area contributed by atoms with Gasteiger partial charge >= 0.3 is 5.97 Å². The average molecular weight is 265 g/mol. The van der Waals surface area contributed by atoms with Gasteiger partial charge in [-0.2, -0.15) is 0 Å². The second-order valence-electron chi connectivity index (χ2n) is 4.87. The summed E-state index contributed by atoms with van der Waals surface area (Å²) in [6.07, 6.45) is 1.64. The molecule has 1 N–H and O–H groups in total. The summed E-state index contributed by atoms with van der Waals surface area (Å²) in [7, 11) is 2.10. The van der Waals surface area contributed by atoms with Gasteiger partial charge in [-0.3, -0.25) is 9.69 Å². The molecule has 0 atom stereocenters. The molecule has 19 heavy (non-hydrogen) atoms. The molecule has 104 valence electrons. The van der Waals surface area contributed by atoms with E-state index < -0.39 is 11.5 Å². The van der Waals surface area contributed by atoms with Crippen LogP contribution in [0.25, 0.3) is 0 Å². The van der Waals surface area contributed by atoms with Crippen LogP contribution in [0, 0.1) is 0 Å². The van der Waals surface area contributed by atoms with E-state index in [9.17, 15) is 9.59 Å². The summed E-state index contributed by atoms with van der Waals surface area (Å²) in [5, 5.41) is 8.91. The highest BCUT2D eigenvalue weighted by molar-refractivity contribution is 5.86. The lowest BCUT2D eigenvalue weighted by atomic mass is 10.3. The molecule has 0 unspecified atom stereocenters. The van der Waals surface area contributed by atoms with Gasteiger partial charge in [-0.25, -0.2) is 4.79 Å². The summed E-state index contributed by atoms with van der Waals surface area (Å²) in [6, 6.07) is 2.95. The Morgan fingerprint density at radius 1 is 1.26 bits per heavy atom. The van der Waals surface area contributed by atoms with Gasteiger partial charge in [0.1, 0.15) is 5.56 Å². The summed E-state index contributed by atoms with van der Waals surface area (Å²) < 4.78 is 1.47. The average Bonchev–Trinajstić information content (AvgIpc) is 2.39. The van der Waals surface area contributed by atoms with E-state index in [0.717, 1.165) is 32.7 Å². The van der Waals surface area contributed by atoms with Crippen molar-refractivity contribution in [2.24, 2.45) is 0 Å². The number of pyridine rings is 1. The van der Waals surface area contributed by atoms with E-state index in [0.29, 0.717) is 6.54 Å². The van der Waals surface area contributed by atoms with Crippen molar-refractivity contribution in [3.8, 4) is 0 Å². The predicted molar refractivity (Wildman–Crippen MR) is 71.6 cm³/mol. The molecule has 0 radical (unpaired) electrons. The first-order valence-electron chi connectivity index (χ1n) is 6.41. The number of nitrogens with zero attached hydrogens (tertiary/aromatic N) is 3. The number of piperazine rings is 1. The fraction of sp³-hybridized carbons (Fsp3) is 0.538. The molecule has 0 aliphatic carbocycles. The quantitative estimate of drug-likeness (QED) is 0.816. The van der Waals surface area contributed by atoms with Crippen LogP contribution in [0.2, 0.25) is 0 Å². The van der Waals surface area contributed by atoms with Gasteiger partial charge < -0.3 is 14.6 Å². The third-order valence-corrected chi connectivity index (χ3v) is 3.50. The molecular weight excluding hydrogens is 246 g/mol. The molecule has 6 heteroatoms. The van der Waals surface area contributed by atoms with Gasteiger partial charge in [0.2, 0.25) is 0 Å². The SMILES string of the molecule is CN1CCN(CCn2cccc(C(=O)O)c2=O)CC1. The van der Waals surface area contributed by atoms with Crippen molar-refractivity contribution in [2.45, 2.75) is 6.54 Å². The third kappa shape index (κ3) is 3.42. The number of carboxylic acid groups (broad SMARTS) is 1. The Bertz CT molecular complexity index is 504. The van der Waals surface area contributed by atoms with Gasteiger partial charge in [0.25, 0.3) is 5.56 Å². The van der Waals surface area contributed by atoms with Crippen molar-refractivity contribution in [3.63, 3.8) is 0 Å². The summed E-state index contributed by atoms with van der Waals surface area (Å²) in [6.45, 7) is 5.35. The van der Waals surface area contributed by atoms with Crippen LogP contribution in [0.15, 0.2) is 23.1 Å². The van der Waals surface area contributed by atoms with Crippen LogP contribution >= 0.6 is 0 Å². The van der Waals surface area contributed by atoms with E-state index >= 15 is 0 Å². The van der Waals surface area contributed by atoms with E-state index in [2.05, 4.69) is 16.8 Å². The van der Waals surface area contributed by atoms with Crippen molar-refractivity contribution in [1.82, 2.24) is 14.4 Å². The largest absolute Gasteiger partial charge is 0.477 e. The Hall–Kier alpha value is -1.66. The second kappa shape index (κ2) is 5.99. The minimum atomic E-state index is -1.17. The number of carboxylic acids is 1. The van der Waals surface area contributed by atoms with Gasteiger partial charge in [0, 0.05) is 45.5 Å². The summed E-state index contributed by atoms with van der Waals surface area (Å²) in [5.41, 5.74) is -0.593. The first-order chi connectivity index (χ1) is 9.08. The summed E-state index contributed by atoms with van der Waals surface area (Å²) in [4.78, 5) is 27.3. The van der Waals surface area contributed by atoms with Gasteiger partial charge in [0.05, 0.1) is 0 Å². The lowest BCUT2D eigenvalue weighted by Crippen LogP contribution is -2.45. The minimum absolute atomic E-state index is 0.166. The molecule has 0 bridgehead atoms. The highest BCUT2D eigenvalue weighted by atomic mass is 16.4. The molecular formula is C13H19N3O3. The van der Waals surface area contributed by atoms with E-state index in [1.807, 2.05) is 0 Å². The normalized spacial score (nSPS) is 17.5. The smallest absolute Gasteiger partial charge is 0.341 e. The highest BCUT2D eigenvalue weighted by Gasteiger charge is 2.14. The Kier molecular flexibility index (Phi) is 4.34. The lowest BCUT2D eigenvalue weighted by Gasteiger charge is -2.32. The monoisotopic (exact) mass is 265 g/mol. The Morgan fingerprint density at radius 2 is 1.95 bits per heavy atom. The number of likely N-dealkylation sites (N-methyl/N-ethyl adjacent to an activating group) is 1. The number of rotatable bonds is 4. The van der Waals surface area contributed by atoms with E-state index in [1.165, 1.54) is 10.6 Å². The molecule has 2 rings (SSSR count). The van der Waals surface area contributed by atoms with Gasteiger partial charge in [0.15, 0.2) is 0 Å². The van der Waals surface area contributed by atoms with Crippen molar-refractivity contribution in [1.29, 1.82) is 0 Å². The summed E-state index contributed by atoms with van der Waals surface area (Å²) >= 11 is 0. The second-order valence-corrected chi connectivity index (χ2v) is 4.87. The van der Waals surface area contributed by atoms with Crippen LogP contribution in [0.3, 0.4) is 0 Å². The zero-order valence-corrected chi connectivity index (χ0v) is 11.1. The number of hydrogen-bond acceptors (Lipinski definition) is 4. The summed E-state index contributed by atoms with van der Waals surface area (Å²) in [5.74, 6) is -1.17. The van der Waals surface area contributed by atoms with Crippen LogP contribution in [-0.2, 0) is 6.54 Å². The van der Waals surface area contributed by atoms with Crippen molar-refractivity contribution in [3.05, 3.63) is 34.2 Å². The molecule has 0 spiro atoms. The standard InChI is InChI=1S/C13H19N3O3/c1-14-5-7-15(8-6-14)9-10-16-4-2-3-11(12(16)17)13(18)19/h2-4H,5-10H2,1H3,(H,18,19). The number of carbonyl (C=O) groups is 1. The first-order valence-corrected chi connectivity index (χ1v) is 6.41. The molecule has 1 aliphatic rings. The molecule has 1 saturated heterocycles. The van der Waals surface area contributed by atoms with Crippen LogP contribution < -0.4 is 5.56 Å². The zero-order chi connectivity index (χ0) is 13.8. The van der Waals surface area contributed by atoms with Crippen molar-refractivity contribution < 1.29 is 9.90 Å². The molecule has 2 heterocycles. The fourth-order valence-corrected chi connectivity index (χ4v) is 2.20. The molecule has 1 aliphatic heterocycles. The Labute approximate surface area is 111 Å². The van der Waals surface area contributed by atoms with Crippen LogP contribution in [0.4, 0.5) is 0 Å². The molecule has 1 fully saturated rings. The maximum atomic E-state index is 11.9. The van der Waals surface area contributed by atoms with E-state index in [-0.39, 0.29) is 5.56 Å². The lowest BCUT2D eigenvalue weighted by molar-refractivity contribution is 0.0694. The van der Waals surface area contributed by atoms with Crippen molar-refractivity contribution in [2.75, 3.05) is 39.8 Å². The molecule has 0 aromatic carbocycles. The predicted octanol–water partition coefficient (Wildman–Crippen LogP) is -0.206. The Morgan fingerprint density at radius 3 is 2.58 bits per heavy atom. The highest BCUT2D eigenvalue weighted by Crippen LogP contribution is 1.99. The molecule has 1 aromatic rings. The van der Waals surface area contributed by atoms with Gasteiger partial charge in [-0.1, -0.05) is 0 Å². The van der Waals surface area contributed by atoms with Crippen LogP contribution in [0.5, 0.6) is 0 Å². The number of hydrogen-bond donors (Lipinski definition) is 1. The maximum absolute atomic E-state index is 11.9. The maximum Gasteiger partial charge on any atom is 0.341 e. The van der Waals surface area contributed by atoms with Crippen LogP contribution in [-0.4, -0.2) is 65.2 Å². The molecule has 0 saturated carbocycles. The molecule has 0 amide bonds. The third-order valence-electron chi connectivity index (χ3n) is 3.50. The fourth-order valence-electron chi connectivity index (χ4n) is 2.20. The van der Waals surface area contributed by atoms with E-state index in [4.69, 9.17) is 5.11 Å². The van der Waals surface area contributed by atoms with Gasteiger partial charge in [-0.15, -0.1) is 0 Å². The number of aromatic carboxylic acids is 1. The van der Waals surface area contributed by atoms with E-state index in [1.54, 1.807) is 12.3 Å². The molecule has 1 aromatic heterocycles. The van der Waals surface area contributed by atoms with Crippen molar-refractivity contribution >= 4 is 5.97 Å². The van der Waals surface area contributed by atoms with Gasteiger partial charge in [-0.05, 0) is 19.2 Å². The number of aromatic nitrogens is 1. The minimum Gasteiger partial charge on any atom is -0.477 e. The topological polar surface area (TPSA) is 65.8 Å². The molecule has 6 nitrogen and oxygen atoms in total. The Balaban J connectivity index is 1.98. The zero-order valence-electron chi connectivity index (χ0n) is 11.1. The first kappa shape index (κ1) is 13.8. The van der Waals surface area contributed by atoms with Crippen LogP contribution in [0.1, 0.15) is 10.4 Å².